The summed E-state index contributed by atoms with van der Waals surface area (Å²) in [6.07, 6.45) is 2.42. The summed E-state index contributed by atoms with van der Waals surface area (Å²) in [5, 5.41) is 0. The average molecular weight is 269 g/mol. The van der Waals surface area contributed by atoms with Gasteiger partial charge in [0.1, 0.15) is 17.4 Å². The van der Waals surface area contributed by atoms with E-state index in [4.69, 9.17) is 5.73 Å². The van der Waals surface area contributed by atoms with Crippen molar-refractivity contribution in [2.24, 2.45) is 11.7 Å². The van der Waals surface area contributed by atoms with Crippen molar-refractivity contribution in [1.82, 2.24) is 0 Å². The van der Waals surface area contributed by atoms with Gasteiger partial charge in [-0.2, -0.15) is 0 Å². The Labute approximate surface area is 113 Å². The van der Waals surface area contributed by atoms with Crippen LogP contribution in [0.2, 0.25) is 0 Å². The highest BCUT2D eigenvalue weighted by atomic mass is 19.1. The van der Waals surface area contributed by atoms with Gasteiger partial charge in [0.15, 0.2) is 0 Å². The SMILES string of the molecule is CC(N)CCCC(C)C(=O)Cc1cc(F)ccc1F. The molecule has 0 fully saturated rings. The molecule has 2 N–H and O–H groups in total. The standard InChI is InChI=1S/C15H21F2NO/c1-10(4-3-5-11(2)18)15(19)9-12-8-13(16)6-7-14(12)17/h6-8,10-11H,3-5,9,18H2,1-2H3. The monoisotopic (exact) mass is 269 g/mol. The van der Waals surface area contributed by atoms with E-state index in [0.29, 0.717) is 0 Å². The van der Waals surface area contributed by atoms with Gasteiger partial charge < -0.3 is 5.73 Å². The van der Waals surface area contributed by atoms with Gasteiger partial charge in [0.2, 0.25) is 0 Å². The van der Waals surface area contributed by atoms with E-state index < -0.39 is 11.6 Å². The van der Waals surface area contributed by atoms with Crippen molar-refractivity contribution < 1.29 is 13.6 Å². The summed E-state index contributed by atoms with van der Waals surface area (Å²) in [4.78, 5) is 11.9. The summed E-state index contributed by atoms with van der Waals surface area (Å²) in [6, 6.07) is 3.32. The predicted molar refractivity (Wildman–Crippen MR) is 71.7 cm³/mol. The number of carbonyl (C=O) groups is 1. The van der Waals surface area contributed by atoms with Crippen molar-refractivity contribution in [3.05, 3.63) is 35.4 Å². The molecule has 0 amide bonds. The summed E-state index contributed by atoms with van der Waals surface area (Å²) in [7, 11) is 0. The fourth-order valence-electron chi connectivity index (χ4n) is 1.95. The molecule has 4 heteroatoms. The van der Waals surface area contributed by atoms with Gasteiger partial charge in [0.05, 0.1) is 0 Å². The van der Waals surface area contributed by atoms with Crippen LogP contribution in [0.4, 0.5) is 8.78 Å². The molecule has 19 heavy (non-hydrogen) atoms. The minimum atomic E-state index is -0.530. The van der Waals surface area contributed by atoms with Gasteiger partial charge in [0, 0.05) is 18.4 Å². The van der Waals surface area contributed by atoms with Crippen LogP contribution in [-0.4, -0.2) is 11.8 Å². The number of hydrogen-bond donors (Lipinski definition) is 1. The third-order valence-electron chi connectivity index (χ3n) is 3.22. The van der Waals surface area contributed by atoms with Crippen LogP contribution in [0.5, 0.6) is 0 Å². The molecule has 0 aliphatic carbocycles. The minimum Gasteiger partial charge on any atom is -0.328 e. The topological polar surface area (TPSA) is 43.1 Å². The van der Waals surface area contributed by atoms with E-state index in [9.17, 15) is 13.6 Å². The lowest BCUT2D eigenvalue weighted by Gasteiger charge is -2.12. The highest BCUT2D eigenvalue weighted by molar-refractivity contribution is 5.82. The van der Waals surface area contributed by atoms with Crippen LogP contribution >= 0.6 is 0 Å². The van der Waals surface area contributed by atoms with Gasteiger partial charge in [-0.3, -0.25) is 4.79 Å². The maximum absolute atomic E-state index is 13.4. The number of hydrogen-bond acceptors (Lipinski definition) is 2. The Morgan fingerprint density at radius 3 is 2.58 bits per heavy atom. The molecule has 0 heterocycles. The smallest absolute Gasteiger partial charge is 0.140 e. The van der Waals surface area contributed by atoms with Crippen LogP contribution < -0.4 is 5.73 Å². The molecule has 2 unspecified atom stereocenters. The van der Waals surface area contributed by atoms with Crippen molar-refractivity contribution in [2.45, 2.75) is 45.6 Å². The van der Waals surface area contributed by atoms with E-state index in [1.54, 1.807) is 0 Å². The van der Waals surface area contributed by atoms with Crippen LogP contribution in [0.25, 0.3) is 0 Å². The summed E-state index contributed by atoms with van der Waals surface area (Å²) in [6.45, 7) is 3.75. The lowest BCUT2D eigenvalue weighted by Crippen LogP contribution is -2.17. The van der Waals surface area contributed by atoms with E-state index >= 15 is 0 Å². The van der Waals surface area contributed by atoms with Crippen molar-refractivity contribution in [2.75, 3.05) is 0 Å². The summed E-state index contributed by atoms with van der Waals surface area (Å²) >= 11 is 0. The molecule has 2 nitrogen and oxygen atoms in total. The first-order chi connectivity index (χ1) is 8.90. The molecule has 2 atom stereocenters. The first-order valence-electron chi connectivity index (χ1n) is 6.62. The lowest BCUT2D eigenvalue weighted by molar-refractivity contribution is -0.122. The number of nitrogens with two attached hydrogens (primary N) is 1. The minimum absolute atomic E-state index is 0.0526. The summed E-state index contributed by atoms with van der Waals surface area (Å²) in [5.41, 5.74) is 5.77. The predicted octanol–water partition coefficient (Wildman–Crippen LogP) is 3.23. The zero-order valence-corrected chi connectivity index (χ0v) is 11.5. The van der Waals surface area contributed by atoms with E-state index in [0.717, 1.165) is 37.5 Å². The number of halogens is 2. The molecule has 1 aromatic rings. The van der Waals surface area contributed by atoms with Crippen molar-refractivity contribution in [3.8, 4) is 0 Å². The molecule has 0 bridgehead atoms. The molecule has 1 rings (SSSR count). The second-order valence-electron chi connectivity index (χ2n) is 5.19. The second-order valence-corrected chi connectivity index (χ2v) is 5.19. The fourth-order valence-corrected chi connectivity index (χ4v) is 1.95. The normalized spacial score (nSPS) is 14.2. The third-order valence-corrected chi connectivity index (χ3v) is 3.22. The van der Waals surface area contributed by atoms with Crippen LogP contribution in [0.1, 0.15) is 38.7 Å². The molecule has 0 spiro atoms. The van der Waals surface area contributed by atoms with Gasteiger partial charge in [0.25, 0.3) is 0 Å². The zero-order chi connectivity index (χ0) is 14.4. The van der Waals surface area contributed by atoms with Crippen LogP contribution in [-0.2, 0) is 11.2 Å². The molecule has 106 valence electrons. The largest absolute Gasteiger partial charge is 0.328 e. The Bertz CT molecular complexity index is 432. The Kier molecular flexibility index (Phi) is 6.09. The van der Waals surface area contributed by atoms with E-state index in [1.807, 2.05) is 13.8 Å². The number of rotatable bonds is 7. The molecule has 0 saturated heterocycles. The van der Waals surface area contributed by atoms with Gasteiger partial charge in [-0.1, -0.05) is 13.3 Å². The Balaban J connectivity index is 2.51. The summed E-state index contributed by atoms with van der Waals surface area (Å²) in [5.74, 6) is -1.26. The van der Waals surface area contributed by atoms with Crippen LogP contribution in [0.15, 0.2) is 18.2 Å². The van der Waals surface area contributed by atoms with Gasteiger partial charge >= 0.3 is 0 Å². The molecule has 0 saturated carbocycles. The third kappa shape index (κ3) is 5.47. The number of Topliss-reactive ketones (excluding diaryl/α,β-unsaturated/α-hetero) is 1. The van der Waals surface area contributed by atoms with Crippen molar-refractivity contribution >= 4 is 5.78 Å². The van der Waals surface area contributed by atoms with Gasteiger partial charge in [-0.25, -0.2) is 8.78 Å². The fraction of sp³-hybridized carbons (Fsp3) is 0.533. The summed E-state index contributed by atoms with van der Waals surface area (Å²) < 4.78 is 26.4. The Hall–Kier alpha value is -1.29. The Morgan fingerprint density at radius 2 is 1.95 bits per heavy atom. The molecule has 0 aliphatic heterocycles. The number of ketones is 1. The Morgan fingerprint density at radius 1 is 1.26 bits per heavy atom. The maximum Gasteiger partial charge on any atom is 0.140 e. The van der Waals surface area contributed by atoms with Crippen LogP contribution in [0.3, 0.4) is 0 Å². The first kappa shape index (κ1) is 15.8. The lowest BCUT2D eigenvalue weighted by atomic mass is 9.94. The second kappa shape index (κ2) is 7.34. The van der Waals surface area contributed by atoms with E-state index in [2.05, 4.69) is 0 Å². The van der Waals surface area contributed by atoms with E-state index in [-0.39, 0.29) is 29.7 Å². The van der Waals surface area contributed by atoms with Crippen LogP contribution in [0, 0.1) is 17.6 Å². The maximum atomic E-state index is 13.4. The first-order valence-corrected chi connectivity index (χ1v) is 6.62. The molecular formula is C15H21F2NO. The average Bonchev–Trinajstić information content (AvgIpc) is 2.33. The molecular weight excluding hydrogens is 248 g/mol. The molecule has 0 radical (unpaired) electrons. The van der Waals surface area contributed by atoms with Crippen molar-refractivity contribution in [3.63, 3.8) is 0 Å². The quantitative estimate of drug-likeness (QED) is 0.825. The van der Waals surface area contributed by atoms with Gasteiger partial charge in [-0.15, -0.1) is 0 Å². The van der Waals surface area contributed by atoms with Gasteiger partial charge in [-0.05, 0) is 43.5 Å². The zero-order valence-electron chi connectivity index (χ0n) is 11.5. The molecule has 0 aromatic heterocycles. The van der Waals surface area contributed by atoms with E-state index in [1.165, 1.54) is 0 Å². The number of benzene rings is 1. The number of carbonyl (C=O) groups excluding carboxylic acids is 1. The highest BCUT2D eigenvalue weighted by Gasteiger charge is 2.16. The van der Waals surface area contributed by atoms with Crippen molar-refractivity contribution in [1.29, 1.82) is 0 Å². The molecule has 1 aromatic carbocycles. The highest BCUT2D eigenvalue weighted by Crippen LogP contribution is 2.16. The molecule has 0 aliphatic rings.